The molecule has 2 rings (SSSR count). The first-order valence-electron chi connectivity index (χ1n) is 7.16. The van der Waals surface area contributed by atoms with Crippen molar-refractivity contribution in [3.05, 3.63) is 65.7 Å². The fourth-order valence-corrected chi connectivity index (χ4v) is 2.02. The van der Waals surface area contributed by atoms with Gasteiger partial charge < -0.3 is 20.3 Å². The number of methoxy groups -OCH3 is 1. The third-order valence-corrected chi connectivity index (χ3v) is 3.28. The number of ether oxygens (including phenoxy) is 1. The van der Waals surface area contributed by atoms with Gasteiger partial charge in [0.1, 0.15) is 0 Å². The fourth-order valence-electron chi connectivity index (χ4n) is 2.02. The summed E-state index contributed by atoms with van der Waals surface area (Å²) in [5.74, 6) is 0.0687. The second-order valence-electron chi connectivity index (χ2n) is 4.94. The van der Waals surface area contributed by atoms with Crippen LogP contribution in [0.15, 0.2) is 54.6 Å². The van der Waals surface area contributed by atoms with Gasteiger partial charge in [0.25, 0.3) is 0 Å². The van der Waals surface area contributed by atoms with Crippen LogP contribution >= 0.6 is 0 Å². The molecule has 0 aliphatic rings. The Balaban J connectivity index is 1.89. The van der Waals surface area contributed by atoms with Crippen LogP contribution in [0.25, 0.3) is 6.08 Å². The number of phenols is 1. The van der Waals surface area contributed by atoms with E-state index in [-0.39, 0.29) is 18.2 Å². The number of aliphatic hydroxyl groups is 1. The van der Waals surface area contributed by atoms with E-state index in [1.807, 2.05) is 18.2 Å². The van der Waals surface area contributed by atoms with Gasteiger partial charge in [-0.25, -0.2) is 0 Å². The number of amides is 1. The van der Waals surface area contributed by atoms with E-state index in [1.54, 1.807) is 30.3 Å². The van der Waals surface area contributed by atoms with Gasteiger partial charge in [-0.1, -0.05) is 36.4 Å². The second kappa shape index (κ2) is 8.00. The Kier molecular flexibility index (Phi) is 5.77. The lowest BCUT2D eigenvalue weighted by atomic mass is 10.1. The predicted octanol–water partition coefficient (Wildman–Crippen LogP) is 2.26. The zero-order valence-electron chi connectivity index (χ0n) is 12.8. The third kappa shape index (κ3) is 4.86. The monoisotopic (exact) mass is 313 g/mol. The van der Waals surface area contributed by atoms with Crippen LogP contribution in [0, 0.1) is 0 Å². The van der Waals surface area contributed by atoms with E-state index in [0.717, 1.165) is 11.1 Å². The van der Waals surface area contributed by atoms with Crippen molar-refractivity contribution < 1.29 is 19.7 Å². The standard InChI is InChI=1S/C18H19NO4/c1-23-17-11-13(7-9-15(17)20)8-10-18(22)19-12-16(21)14-5-3-2-4-6-14/h2-11,16,20-21H,12H2,1H3,(H,19,22)/b10-8+/t16-/m1/s1. The Bertz CT molecular complexity index is 683. The van der Waals surface area contributed by atoms with Gasteiger partial charge in [0.15, 0.2) is 11.5 Å². The predicted molar refractivity (Wildman–Crippen MR) is 88.1 cm³/mol. The Hall–Kier alpha value is -2.79. The summed E-state index contributed by atoms with van der Waals surface area (Å²) in [6.07, 6.45) is 2.22. The molecule has 5 heteroatoms. The molecule has 0 radical (unpaired) electrons. The summed E-state index contributed by atoms with van der Waals surface area (Å²) < 4.78 is 5.00. The summed E-state index contributed by atoms with van der Waals surface area (Å²) >= 11 is 0. The molecule has 2 aromatic rings. The molecule has 0 saturated heterocycles. The lowest BCUT2D eigenvalue weighted by Crippen LogP contribution is -2.26. The molecule has 0 aliphatic heterocycles. The average Bonchev–Trinajstić information content (AvgIpc) is 2.59. The zero-order valence-corrected chi connectivity index (χ0v) is 12.8. The molecule has 0 aliphatic carbocycles. The van der Waals surface area contributed by atoms with Crippen LogP contribution in [-0.2, 0) is 4.79 Å². The van der Waals surface area contributed by atoms with E-state index in [9.17, 15) is 15.0 Å². The SMILES string of the molecule is COc1cc(/C=C/C(=O)NC[C@@H](O)c2ccccc2)ccc1O. The van der Waals surface area contributed by atoms with Crippen LogP contribution in [0.3, 0.4) is 0 Å². The molecule has 0 fully saturated rings. The van der Waals surface area contributed by atoms with Crippen LogP contribution in [0.1, 0.15) is 17.2 Å². The van der Waals surface area contributed by atoms with E-state index >= 15 is 0 Å². The molecule has 0 heterocycles. The lowest BCUT2D eigenvalue weighted by Gasteiger charge is -2.11. The van der Waals surface area contributed by atoms with Gasteiger partial charge in [-0.2, -0.15) is 0 Å². The normalized spacial score (nSPS) is 12.1. The van der Waals surface area contributed by atoms with E-state index in [1.165, 1.54) is 19.3 Å². The summed E-state index contributed by atoms with van der Waals surface area (Å²) in [5.41, 5.74) is 1.47. The highest BCUT2D eigenvalue weighted by atomic mass is 16.5. The molecule has 23 heavy (non-hydrogen) atoms. The minimum Gasteiger partial charge on any atom is -0.504 e. The maximum atomic E-state index is 11.8. The number of carbonyl (C=O) groups excluding carboxylic acids is 1. The van der Waals surface area contributed by atoms with Gasteiger partial charge in [0, 0.05) is 12.6 Å². The van der Waals surface area contributed by atoms with Crippen molar-refractivity contribution in [2.45, 2.75) is 6.10 Å². The molecule has 0 unspecified atom stereocenters. The highest BCUT2D eigenvalue weighted by Gasteiger charge is 2.07. The molecular weight excluding hydrogens is 294 g/mol. The summed E-state index contributed by atoms with van der Waals surface area (Å²) in [6, 6.07) is 13.9. The number of benzene rings is 2. The van der Waals surface area contributed by atoms with Gasteiger partial charge in [-0.15, -0.1) is 0 Å². The van der Waals surface area contributed by atoms with Crippen molar-refractivity contribution >= 4 is 12.0 Å². The number of hydrogen-bond donors (Lipinski definition) is 3. The topological polar surface area (TPSA) is 78.8 Å². The Morgan fingerprint density at radius 2 is 2.00 bits per heavy atom. The quantitative estimate of drug-likeness (QED) is 0.715. The molecular formula is C18H19NO4. The molecule has 1 atom stereocenters. The minimum absolute atomic E-state index is 0.0417. The van der Waals surface area contributed by atoms with Gasteiger partial charge in [0.2, 0.25) is 5.91 Å². The number of aromatic hydroxyl groups is 1. The third-order valence-electron chi connectivity index (χ3n) is 3.28. The molecule has 1 amide bonds. The van der Waals surface area contributed by atoms with Crippen molar-refractivity contribution in [1.29, 1.82) is 0 Å². The van der Waals surface area contributed by atoms with Gasteiger partial charge >= 0.3 is 0 Å². The molecule has 0 bridgehead atoms. The van der Waals surface area contributed by atoms with Gasteiger partial charge in [0.05, 0.1) is 13.2 Å². The molecule has 2 aromatic carbocycles. The number of rotatable bonds is 6. The lowest BCUT2D eigenvalue weighted by molar-refractivity contribution is -0.116. The summed E-state index contributed by atoms with van der Waals surface area (Å²) in [6.45, 7) is 0.131. The summed E-state index contributed by atoms with van der Waals surface area (Å²) in [4.78, 5) is 11.8. The van der Waals surface area contributed by atoms with Gasteiger partial charge in [-0.3, -0.25) is 4.79 Å². The van der Waals surface area contributed by atoms with Crippen molar-refractivity contribution in [2.24, 2.45) is 0 Å². The number of nitrogens with one attached hydrogen (secondary N) is 1. The second-order valence-corrected chi connectivity index (χ2v) is 4.94. The fraction of sp³-hybridized carbons (Fsp3) is 0.167. The smallest absolute Gasteiger partial charge is 0.244 e. The molecule has 0 spiro atoms. The van der Waals surface area contributed by atoms with Crippen LogP contribution in [0.2, 0.25) is 0 Å². The Labute approximate surface area is 134 Å². The van der Waals surface area contributed by atoms with Crippen LogP contribution < -0.4 is 10.1 Å². The van der Waals surface area contributed by atoms with Crippen LogP contribution in [0.5, 0.6) is 11.5 Å². The van der Waals surface area contributed by atoms with Gasteiger partial charge in [-0.05, 0) is 29.3 Å². The molecule has 5 nitrogen and oxygen atoms in total. The Morgan fingerprint density at radius 1 is 1.26 bits per heavy atom. The largest absolute Gasteiger partial charge is 0.504 e. The number of aliphatic hydroxyl groups excluding tert-OH is 1. The number of hydrogen-bond acceptors (Lipinski definition) is 4. The van der Waals surface area contributed by atoms with Crippen LogP contribution in [0.4, 0.5) is 0 Å². The maximum Gasteiger partial charge on any atom is 0.244 e. The van der Waals surface area contributed by atoms with Crippen molar-refractivity contribution in [3.8, 4) is 11.5 Å². The van der Waals surface area contributed by atoms with E-state index in [0.29, 0.717) is 5.75 Å². The molecule has 0 aromatic heterocycles. The first-order valence-corrected chi connectivity index (χ1v) is 7.16. The first kappa shape index (κ1) is 16.6. The van der Waals surface area contributed by atoms with Crippen molar-refractivity contribution in [2.75, 3.05) is 13.7 Å². The highest BCUT2D eigenvalue weighted by Crippen LogP contribution is 2.26. The maximum absolute atomic E-state index is 11.8. The van der Waals surface area contributed by atoms with E-state index in [4.69, 9.17) is 4.74 Å². The number of carbonyl (C=O) groups is 1. The minimum atomic E-state index is -0.748. The van der Waals surface area contributed by atoms with Crippen LogP contribution in [-0.4, -0.2) is 29.8 Å². The molecule has 0 saturated carbocycles. The summed E-state index contributed by atoms with van der Waals surface area (Å²) in [7, 11) is 1.46. The van der Waals surface area contributed by atoms with Crippen molar-refractivity contribution in [3.63, 3.8) is 0 Å². The highest BCUT2D eigenvalue weighted by molar-refractivity contribution is 5.91. The van der Waals surface area contributed by atoms with E-state index < -0.39 is 6.10 Å². The summed E-state index contributed by atoms with van der Waals surface area (Å²) in [5, 5.41) is 22.1. The average molecular weight is 313 g/mol. The van der Waals surface area contributed by atoms with E-state index in [2.05, 4.69) is 5.32 Å². The zero-order chi connectivity index (χ0) is 16.7. The molecule has 120 valence electrons. The number of phenolic OH excluding ortho intramolecular Hbond substituents is 1. The first-order chi connectivity index (χ1) is 11.1. The Morgan fingerprint density at radius 3 is 2.70 bits per heavy atom. The van der Waals surface area contributed by atoms with Crippen molar-refractivity contribution in [1.82, 2.24) is 5.32 Å². The molecule has 3 N–H and O–H groups in total.